The average molecular weight is 280 g/mol. The number of anilines is 1. The Morgan fingerprint density at radius 3 is 2.81 bits per heavy atom. The Morgan fingerprint density at radius 2 is 2.05 bits per heavy atom. The van der Waals surface area contributed by atoms with E-state index in [9.17, 15) is 0 Å². The summed E-state index contributed by atoms with van der Waals surface area (Å²) < 4.78 is 7.29. The second-order valence-electron chi connectivity index (χ2n) is 4.36. The van der Waals surface area contributed by atoms with Gasteiger partial charge < -0.3 is 15.0 Å². The van der Waals surface area contributed by atoms with E-state index in [1.165, 1.54) is 6.33 Å². The third-order valence-corrected chi connectivity index (χ3v) is 2.91. The van der Waals surface area contributed by atoms with Crippen LogP contribution in [0.1, 0.15) is 5.56 Å². The van der Waals surface area contributed by atoms with E-state index in [1.54, 1.807) is 4.57 Å². The number of benzene rings is 1. The maximum Gasteiger partial charge on any atom is 0.247 e. The molecule has 0 aliphatic carbocycles. The molecule has 0 saturated heterocycles. The molecule has 2 heterocycles. The van der Waals surface area contributed by atoms with Crippen LogP contribution in [-0.4, -0.2) is 19.5 Å². The Balaban J connectivity index is 1.93. The fraction of sp³-hybridized carbons (Fsp3) is 0.143. The first-order chi connectivity index (χ1) is 10.3. The summed E-state index contributed by atoms with van der Waals surface area (Å²) in [5.41, 5.74) is 7.69. The summed E-state index contributed by atoms with van der Waals surface area (Å²) in [6.07, 6.45) is 1.53. The van der Waals surface area contributed by atoms with Crippen LogP contribution in [0.15, 0.2) is 36.7 Å². The molecular formula is C14H12N6O. The Morgan fingerprint density at radius 1 is 1.24 bits per heavy atom. The molecule has 0 atom stereocenters. The summed E-state index contributed by atoms with van der Waals surface area (Å²) in [5, 5.41) is 8.78. The van der Waals surface area contributed by atoms with Gasteiger partial charge in [0.1, 0.15) is 13.2 Å². The van der Waals surface area contributed by atoms with Crippen molar-refractivity contribution in [1.29, 1.82) is 5.26 Å². The number of nitrogens with two attached hydrogens (primary N) is 1. The van der Waals surface area contributed by atoms with Crippen molar-refractivity contribution in [2.75, 3.05) is 5.73 Å². The molecule has 0 amide bonds. The van der Waals surface area contributed by atoms with Crippen molar-refractivity contribution >= 4 is 17.1 Å². The quantitative estimate of drug-likeness (QED) is 0.777. The number of fused-ring (bicyclic) bond motifs is 1. The molecule has 104 valence electrons. The lowest BCUT2D eigenvalue weighted by atomic mass is 10.2. The molecule has 0 bridgehead atoms. The van der Waals surface area contributed by atoms with Crippen LogP contribution >= 0.6 is 0 Å². The number of nitrogens with zero attached hydrogens (tertiary/aromatic N) is 5. The second kappa shape index (κ2) is 5.46. The molecule has 0 unspecified atom stereocenters. The van der Waals surface area contributed by atoms with Crippen LogP contribution in [0, 0.1) is 11.3 Å². The van der Waals surface area contributed by atoms with Crippen LogP contribution in [-0.2, 0) is 13.2 Å². The van der Waals surface area contributed by atoms with Gasteiger partial charge in [-0.2, -0.15) is 15.2 Å². The molecule has 0 aliphatic heterocycles. The van der Waals surface area contributed by atoms with E-state index in [0.717, 1.165) is 5.56 Å². The zero-order valence-electron chi connectivity index (χ0n) is 11.1. The fourth-order valence-corrected chi connectivity index (χ4v) is 1.95. The van der Waals surface area contributed by atoms with Crippen LogP contribution in [0.5, 0.6) is 5.88 Å². The van der Waals surface area contributed by atoms with E-state index in [-0.39, 0.29) is 12.5 Å². The Bertz CT molecular complexity index is 805. The molecule has 0 saturated carbocycles. The van der Waals surface area contributed by atoms with E-state index in [4.69, 9.17) is 15.7 Å². The van der Waals surface area contributed by atoms with Crippen LogP contribution in [0.2, 0.25) is 0 Å². The Hall–Kier alpha value is -3.14. The number of nitriles is 1. The molecule has 0 aliphatic rings. The van der Waals surface area contributed by atoms with Crippen molar-refractivity contribution in [3.05, 3.63) is 42.2 Å². The molecule has 3 rings (SSSR count). The zero-order chi connectivity index (χ0) is 14.7. The first kappa shape index (κ1) is 12.9. The third-order valence-electron chi connectivity index (χ3n) is 2.91. The number of imidazole rings is 1. The van der Waals surface area contributed by atoms with Gasteiger partial charge in [-0.1, -0.05) is 30.3 Å². The van der Waals surface area contributed by atoms with Gasteiger partial charge in [0.05, 0.1) is 12.4 Å². The van der Waals surface area contributed by atoms with Gasteiger partial charge in [0, 0.05) is 0 Å². The number of aromatic nitrogens is 4. The first-order valence-corrected chi connectivity index (χ1v) is 6.30. The van der Waals surface area contributed by atoms with Gasteiger partial charge in [0.15, 0.2) is 11.2 Å². The van der Waals surface area contributed by atoms with Crippen molar-refractivity contribution < 1.29 is 4.74 Å². The Kier molecular flexibility index (Phi) is 3.35. The lowest BCUT2D eigenvalue weighted by molar-refractivity contribution is 0.297. The van der Waals surface area contributed by atoms with Crippen LogP contribution in [0.3, 0.4) is 0 Å². The highest BCUT2D eigenvalue weighted by molar-refractivity contribution is 5.77. The van der Waals surface area contributed by atoms with Crippen LogP contribution in [0.25, 0.3) is 11.2 Å². The van der Waals surface area contributed by atoms with Gasteiger partial charge in [-0.25, -0.2) is 4.98 Å². The van der Waals surface area contributed by atoms with Crippen molar-refractivity contribution in [2.45, 2.75) is 13.2 Å². The molecule has 2 aromatic heterocycles. The van der Waals surface area contributed by atoms with Crippen molar-refractivity contribution in [3.63, 3.8) is 0 Å². The molecule has 21 heavy (non-hydrogen) atoms. The smallest absolute Gasteiger partial charge is 0.247 e. The normalized spacial score (nSPS) is 10.4. The summed E-state index contributed by atoms with van der Waals surface area (Å²) in [4.78, 5) is 12.4. The molecule has 2 N–H and O–H groups in total. The molecule has 0 radical (unpaired) electrons. The van der Waals surface area contributed by atoms with Crippen LogP contribution in [0.4, 0.5) is 5.95 Å². The van der Waals surface area contributed by atoms with E-state index in [0.29, 0.717) is 23.7 Å². The van der Waals surface area contributed by atoms with Gasteiger partial charge in [-0.05, 0) is 5.56 Å². The van der Waals surface area contributed by atoms with E-state index in [1.807, 2.05) is 36.4 Å². The van der Waals surface area contributed by atoms with E-state index >= 15 is 0 Å². The van der Waals surface area contributed by atoms with Crippen molar-refractivity contribution in [2.24, 2.45) is 0 Å². The SMILES string of the molecule is N#CCn1cnc2c(OCc3ccccc3)nc(N)nc21. The zero-order valence-corrected chi connectivity index (χ0v) is 11.1. The van der Waals surface area contributed by atoms with Gasteiger partial charge in [0.25, 0.3) is 0 Å². The minimum atomic E-state index is 0.0882. The van der Waals surface area contributed by atoms with Gasteiger partial charge in [-0.3, -0.25) is 0 Å². The lowest BCUT2D eigenvalue weighted by Gasteiger charge is -2.06. The first-order valence-electron chi connectivity index (χ1n) is 6.30. The number of hydrogen-bond acceptors (Lipinski definition) is 6. The average Bonchev–Trinajstić information content (AvgIpc) is 2.89. The van der Waals surface area contributed by atoms with Gasteiger partial charge in [-0.15, -0.1) is 0 Å². The molecule has 7 heteroatoms. The predicted molar refractivity (Wildman–Crippen MR) is 76.1 cm³/mol. The standard InChI is InChI=1S/C14H12N6O/c15-6-7-20-9-17-11-12(20)18-14(16)19-13(11)21-8-10-4-2-1-3-5-10/h1-5,9H,7-8H2,(H2,16,18,19). The molecule has 0 fully saturated rings. The molecule has 3 aromatic rings. The number of nitrogen functional groups attached to an aromatic ring is 1. The molecule has 7 nitrogen and oxygen atoms in total. The predicted octanol–water partition coefficient (Wildman–Crippen LogP) is 1.51. The maximum absolute atomic E-state index is 8.78. The highest BCUT2D eigenvalue weighted by Crippen LogP contribution is 2.22. The highest BCUT2D eigenvalue weighted by atomic mass is 16.5. The number of hydrogen-bond donors (Lipinski definition) is 1. The van der Waals surface area contributed by atoms with Gasteiger partial charge in [0.2, 0.25) is 11.8 Å². The topological polar surface area (TPSA) is 103 Å². The minimum Gasteiger partial charge on any atom is -0.471 e. The number of ether oxygens (including phenoxy) is 1. The third kappa shape index (κ3) is 2.60. The monoisotopic (exact) mass is 280 g/mol. The minimum absolute atomic E-state index is 0.0882. The summed E-state index contributed by atoms with van der Waals surface area (Å²) in [6.45, 7) is 0.503. The summed E-state index contributed by atoms with van der Waals surface area (Å²) in [5.74, 6) is 0.406. The lowest BCUT2D eigenvalue weighted by Crippen LogP contribution is -2.04. The van der Waals surface area contributed by atoms with E-state index < -0.39 is 0 Å². The van der Waals surface area contributed by atoms with Crippen LogP contribution < -0.4 is 10.5 Å². The van der Waals surface area contributed by atoms with Gasteiger partial charge >= 0.3 is 0 Å². The fourth-order valence-electron chi connectivity index (χ4n) is 1.95. The highest BCUT2D eigenvalue weighted by Gasteiger charge is 2.13. The Labute approximate surface area is 120 Å². The summed E-state index contributed by atoms with van der Waals surface area (Å²) in [7, 11) is 0. The van der Waals surface area contributed by atoms with Crippen molar-refractivity contribution in [3.8, 4) is 11.9 Å². The summed E-state index contributed by atoms with van der Waals surface area (Å²) in [6, 6.07) is 11.8. The molecular weight excluding hydrogens is 268 g/mol. The molecule has 1 aromatic carbocycles. The van der Waals surface area contributed by atoms with Crippen molar-refractivity contribution in [1.82, 2.24) is 19.5 Å². The maximum atomic E-state index is 8.78. The van der Waals surface area contributed by atoms with E-state index in [2.05, 4.69) is 15.0 Å². The second-order valence-corrected chi connectivity index (χ2v) is 4.36. The number of rotatable bonds is 4. The molecule has 0 spiro atoms. The summed E-state index contributed by atoms with van der Waals surface area (Å²) >= 11 is 0. The largest absolute Gasteiger partial charge is 0.471 e.